The van der Waals surface area contributed by atoms with Crippen LogP contribution >= 0.6 is 11.6 Å². The molecule has 3 rings (SSSR count). The third kappa shape index (κ3) is 3.14. The van der Waals surface area contributed by atoms with Gasteiger partial charge in [-0.05, 0) is 38.0 Å². The van der Waals surface area contributed by atoms with Gasteiger partial charge in [-0.3, -0.25) is 9.59 Å². The molecule has 1 N–H and O–H groups in total. The number of amides is 1. The second-order valence-electron chi connectivity index (χ2n) is 5.96. The summed E-state index contributed by atoms with van der Waals surface area (Å²) < 4.78 is 1.66. The first-order valence-corrected chi connectivity index (χ1v) is 8.18. The number of carboxylic acid groups (broad SMARTS) is 1. The molecule has 0 aliphatic carbocycles. The summed E-state index contributed by atoms with van der Waals surface area (Å²) in [5.41, 5.74) is 1.97. The molecule has 1 aromatic carbocycles. The van der Waals surface area contributed by atoms with E-state index in [1.54, 1.807) is 21.7 Å². The summed E-state index contributed by atoms with van der Waals surface area (Å²) in [7, 11) is 0. The summed E-state index contributed by atoms with van der Waals surface area (Å²) in [6.07, 6.45) is 2.84. The van der Waals surface area contributed by atoms with Crippen LogP contribution < -0.4 is 0 Å². The number of likely N-dealkylation sites (tertiary alicyclic amines) is 1. The van der Waals surface area contributed by atoms with Gasteiger partial charge >= 0.3 is 5.97 Å². The van der Waals surface area contributed by atoms with E-state index in [1.807, 2.05) is 19.1 Å². The van der Waals surface area contributed by atoms with E-state index in [-0.39, 0.29) is 12.5 Å². The number of benzene rings is 1. The Kier molecular flexibility index (Phi) is 4.57. The fourth-order valence-corrected chi connectivity index (χ4v) is 3.21. The SMILES string of the molecule is Cc1c(C(=O)N2CCC[C@H](C(=O)O)C2)cnn1-c1cccc(Cl)c1. The number of hydrogen-bond donors (Lipinski definition) is 1. The molecule has 1 amide bonds. The van der Waals surface area contributed by atoms with Crippen LogP contribution in [0.4, 0.5) is 0 Å². The highest BCUT2D eigenvalue weighted by Gasteiger charge is 2.30. The molecule has 0 radical (unpaired) electrons. The van der Waals surface area contributed by atoms with Crippen LogP contribution in [0.5, 0.6) is 0 Å². The van der Waals surface area contributed by atoms with Gasteiger partial charge < -0.3 is 10.0 Å². The van der Waals surface area contributed by atoms with Crippen molar-refractivity contribution in [3.05, 3.63) is 46.7 Å². The fourth-order valence-electron chi connectivity index (χ4n) is 3.02. The van der Waals surface area contributed by atoms with Gasteiger partial charge in [0.05, 0.1) is 29.1 Å². The van der Waals surface area contributed by atoms with Crippen LogP contribution in [0.15, 0.2) is 30.5 Å². The lowest BCUT2D eigenvalue weighted by Gasteiger charge is -2.30. The summed E-state index contributed by atoms with van der Waals surface area (Å²) in [6.45, 7) is 2.64. The average molecular weight is 348 g/mol. The average Bonchev–Trinajstić information content (AvgIpc) is 2.96. The maximum absolute atomic E-state index is 12.8. The van der Waals surface area contributed by atoms with Crippen molar-refractivity contribution in [3.8, 4) is 5.69 Å². The number of carboxylic acids is 1. The fraction of sp³-hybridized carbons (Fsp3) is 0.353. The number of carbonyl (C=O) groups excluding carboxylic acids is 1. The smallest absolute Gasteiger partial charge is 0.308 e. The zero-order chi connectivity index (χ0) is 17.3. The Bertz CT molecular complexity index is 787. The summed E-state index contributed by atoms with van der Waals surface area (Å²) in [6, 6.07) is 7.23. The third-order valence-electron chi connectivity index (χ3n) is 4.35. The molecular formula is C17H18ClN3O3. The van der Waals surface area contributed by atoms with Crippen LogP contribution in [0, 0.1) is 12.8 Å². The molecule has 1 aromatic heterocycles. The molecule has 7 heteroatoms. The molecule has 1 fully saturated rings. The van der Waals surface area contributed by atoms with E-state index in [4.69, 9.17) is 11.6 Å². The second kappa shape index (κ2) is 6.65. The summed E-state index contributed by atoms with van der Waals surface area (Å²) in [5.74, 6) is -1.52. The van der Waals surface area contributed by atoms with Crippen molar-refractivity contribution in [1.82, 2.24) is 14.7 Å². The number of piperidine rings is 1. The van der Waals surface area contributed by atoms with Crippen molar-refractivity contribution in [1.29, 1.82) is 0 Å². The molecule has 1 saturated heterocycles. The predicted molar refractivity (Wildman–Crippen MR) is 89.6 cm³/mol. The Morgan fingerprint density at radius 3 is 2.88 bits per heavy atom. The number of aromatic nitrogens is 2. The van der Waals surface area contributed by atoms with E-state index >= 15 is 0 Å². The summed E-state index contributed by atoms with van der Waals surface area (Å²) in [5, 5.41) is 14.1. The topological polar surface area (TPSA) is 75.4 Å². The number of halogens is 1. The lowest BCUT2D eigenvalue weighted by Crippen LogP contribution is -2.42. The highest BCUT2D eigenvalue weighted by molar-refractivity contribution is 6.30. The maximum Gasteiger partial charge on any atom is 0.308 e. The maximum atomic E-state index is 12.8. The normalized spacial score (nSPS) is 17.8. The standard InChI is InChI=1S/C17H18ClN3O3/c1-11-15(9-19-21(11)14-6-2-5-13(18)8-14)16(22)20-7-3-4-12(10-20)17(23)24/h2,5-6,8-9,12H,3-4,7,10H2,1H3,(H,23,24)/t12-/m0/s1. The van der Waals surface area contributed by atoms with Gasteiger partial charge in [-0.1, -0.05) is 17.7 Å². The zero-order valence-electron chi connectivity index (χ0n) is 13.3. The van der Waals surface area contributed by atoms with Crippen LogP contribution in [0.1, 0.15) is 28.9 Å². The van der Waals surface area contributed by atoms with Gasteiger partial charge in [0.1, 0.15) is 0 Å². The van der Waals surface area contributed by atoms with Crippen molar-refractivity contribution >= 4 is 23.5 Å². The number of nitrogens with zero attached hydrogens (tertiary/aromatic N) is 3. The molecule has 2 aromatic rings. The molecule has 0 unspecified atom stereocenters. The van der Waals surface area contributed by atoms with Gasteiger partial charge in [-0.2, -0.15) is 5.10 Å². The van der Waals surface area contributed by atoms with E-state index in [9.17, 15) is 14.7 Å². The van der Waals surface area contributed by atoms with Crippen LogP contribution in [-0.2, 0) is 4.79 Å². The van der Waals surface area contributed by atoms with Crippen LogP contribution in [0.3, 0.4) is 0 Å². The van der Waals surface area contributed by atoms with Crippen molar-refractivity contribution in [2.75, 3.05) is 13.1 Å². The highest BCUT2D eigenvalue weighted by atomic mass is 35.5. The molecule has 0 bridgehead atoms. The first-order valence-electron chi connectivity index (χ1n) is 7.80. The second-order valence-corrected chi connectivity index (χ2v) is 6.40. The molecule has 1 aliphatic rings. The molecule has 24 heavy (non-hydrogen) atoms. The molecule has 2 heterocycles. The zero-order valence-corrected chi connectivity index (χ0v) is 14.0. The number of carbonyl (C=O) groups is 2. The molecule has 6 nitrogen and oxygen atoms in total. The quantitative estimate of drug-likeness (QED) is 0.926. The van der Waals surface area contributed by atoms with E-state index in [0.29, 0.717) is 35.7 Å². The largest absolute Gasteiger partial charge is 0.481 e. The van der Waals surface area contributed by atoms with E-state index in [1.165, 1.54) is 6.20 Å². The minimum Gasteiger partial charge on any atom is -0.481 e. The van der Waals surface area contributed by atoms with E-state index in [0.717, 1.165) is 5.69 Å². The number of hydrogen-bond acceptors (Lipinski definition) is 3. The van der Waals surface area contributed by atoms with Crippen molar-refractivity contribution in [2.45, 2.75) is 19.8 Å². The van der Waals surface area contributed by atoms with Crippen molar-refractivity contribution in [2.24, 2.45) is 5.92 Å². The minimum atomic E-state index is -0.848. The van der Waals surface area contributed by atoms with Crippen molar-refractivity contribution in [3.63, 3.8) is 0 Å². The van der Waals surface area contributed by atoms with E-state index in [2.05, 4.69) is 5.10 Å². The van der Waals surface area contributed by atoms with Crippen LogP contribution in [0.2, 0.25) is 5.02 Å². The van der Waals surface area contributed by atoms with Crippen LogP contribution in [-0.4, -0.2) is 44.8 Å². The Morgan fingerprint density at radius 1 is 1.38 bits per heavy atom. The Labute approximate surface area is 144 Å². The molecular weight excluding hydrogens is 330 g/mol. The Morgan fingerprint density at radius 2 is 2.17 bits per heavy atom. The molecule has 1 aliphatic heterocycles. The molecule has 0 spiro atoms. The van der Waals surface area contributed by atoms with Crippen LogP contribution in [0.25, 0.3) is 5.69 Å². The van der Waals surface area contributed by atoms with Gasteiger partial charge in [-0.15, -0.1) is 0 Å². The lowest BCUT2D eigenvalue weighted by molar-refractivity contribution is -0.143. The first-order chi connectivity index (χ1) is 11.5. The van der Waals surface area contributed by atoms with Gasteiger partial charge in [0.25, 0.3) is 5.91 Å². The minimum absolute atomic E-state index is 0.174. The third-order valence-corrected chi connectivity index (χ3v) is 4.59. The molecule has 1 atom stereocenters. The van der Waals surface area contributed by atoms with Gasteiger partial charge in [0.2, 0.25) is 0 Å². The van der Waals surface area contributed by atoms with Gasteiger partial charge in [0.15, 0.2) is 0 Å². The summed E-state index contributed by atoms with van der Waals surface area (Å²) >= 11 is 6.01. The van der Waals surface area contributed by atoms with E-state index < -0.39 is 11.9 Å². The lowest BCUT2D eigenvalue weighted by atomic mass is 9.98. The number of aliphatic carboxylic acids is 1. The van der Waals surface area contributed by atoms with Gasteiger partial charge in [0, 0.05) is 18.1 Å². The monoisotopic (exact) mass is 347 g/mol. The number of rotatable bonds is 3. The molecule has 0 saturated carbocycles. The first kappa shape index (κ1) is 16.5. The summed E-state index contributed by atoms with van der Waals surface area (Å²) in [4.78, 5) is 25.5. The van der Waals surface area contributed by atoms with Gasteiger partial charge in [-0.25, -0.2) is 4.68 Å². The van der Waals surface area contributed by atoms with Crippen molar-refractivity contribution < 1.29 is 14.7 Å². The molecule has 126 valence electrons. The predicted octanol–water partition coefficient (Wildman–Crippen LogP) is 2.77. The Hall–Kier alpha value is -2.34. The Balaban J connectivity index is 1.85. The highest BCUT2D eigenvalue weighted by Crippen LogP contribution is 2.22.